The average molecular weight is 590 g/mol. The van der Waals surface area contributed by atoms with Crippen molar-refractivity contribution in [3.8, 4) is 0 Å². The second-order valence-corrected chi connectivity index (χ2v) is 18.6. The Balaban J connectivity index is 2.40. The third-order valence-electron chi connectivity index (χ3n) is 7.06. The van der Waals surface area contributed by atoms with Crippen LogP contribution < -0.4 is 4.90 Å². The first-order valence-electron chi connectivity index (χ1n) is 13.6. The molecule has 10 heteroatoms. The molecule has 0 bridgehead atoms. The number of halogens is 2. The van der Waals surface area contributed by atoms with E-state index in [1.165, 1.54) is 24.3 Å². The standard InChI is InChI=1S/C31H41F2NO6Si/c1-29(2,3)38-27(36)21-16-20(33)17-22-23(21)25(35)26(40-41(10,11)31(7,8)9)24(18-12-14-19(32)15-13-18)34(22)28(37)39-30(4,5)6/h12-17,24,26H,1-11H3. The van der Waals surface area contributed by atoms with Crippen molar-refractivity contribution in [1.29, 1.82) is 0 Å². The van der Waals surface area contributed by atoms with Crippen molar-refractivity contribution in [3.63, 3.8) is 0 Å². The number of hydrogen-bond acceptors (Lipinski definition) is 6. The van der Waals surface area contributed by atoms with Crippen LogP contribution in [0.25, 0.3) is 0 Å². The van der Waals surface area contributed by atoms with Gasteiger partial charge in [-0.3, -0.25) is 9.69 Å². The lowest BCUT2D eigenvalue weighted by atomic mass is 9.85. The van der Waals surface area contributed by atoms with E-state index in [0.29, 0.717) is 5.56 Å². The predicted molar refractivity (Wildman–Crippen MR) is 156 cm³/mol. The SMILES string of the molecule is CC(C)(C)OC(=O)c1cc(F)cc2c1C(=O)C(O[Si](C)(C)C(C)(C)C)C(c1ccc(F)cc1)N2C(=O)OC(C)(C)C. The summed E-state index contributed by atoms with van der Waals surface area (Å²) < 4.78 is 47.1. The molecule has 0 saturated heterocycles. The van der Waals surface area contributed by atoms with Crippen LogP contribution >= 0.6 is 0 Å². The van der Waals surface area contributed by atoms with Crippen LogP contribution in [0.2, 0.25) is 18.1 Å². The Morgan fingerprint density at radius 2 is 1.37 bits per heavy atom. The molecule has 1 amide bonds. The van der Waals surface area contributed by atoms with Crippen molar-refractivity contribution < 1.29 is 37.1 Å². The van der Waals surface area contributed by atoms with E-state index in [0.717, 1.165) is 17.0 Å². The van der Waals surface area contributed by atoms with Crippen LogP contribution in [0.3, 0.4) is 0 Å². The van der Waals surface area contributed by atoms with E-state index >= 15 is 4.39 Å². The molecule has 2 aromatic rings. The minimum atomic E-state index is -2.71. The Labute approximate surface area is 242 Å². The first-order chi connectivity index (χ1) is 18.5. The molecule has 0 aromatic heterocycles. The van der Waals surface area contributed by atoms with Crippen LogP contribution in [-0.4, -0.2) is 43.5 Å². The quantitative estimate of drug-likeness (QED) is 0.266. The molecule has 0 spiro atoms. The zero-order chi connectivity index (χ0) is 31.3. The molecule has 7 nitrogen and oxygen atoms in total. The second-order valence-electron chi connectivity index (χ2n) is 13.9. The Kier molecular flexibility index (Phi) is 8.65. The third kappa shape index (κ3) is 7.21. The number of carbonyl (C=O) groups is 3. The van der Waals surface area contributed by atoms with Gasteiger partial charge in [-0.15, -0.1) is 0 Å². The summed E-state index contributed by atoms with van der Waals surface area (Å²) in [5, 5.41) is -0.339. The van der Waals surface area contributed by atoms with Gasteiger partial charge in [0.15, 0.2) is 14.1 Å². The largest absolute Gasteiger partial charge is 0.456 e. The molecule has 1 aliphatic heterocycles. The smallest absolute Gasteiger partial charge is 0.415 e. The molecule has 41 heavy (non-hydrogen) atoms. The molecule has 224 valence electrons. The maximum absolute atomic E-state index is 15.2. The number of fused-ring (bicyclic) bond motifs is 1. The Morgan fingerprint density at radius 1 is 0.829 bits per heavy atom. The fraction of sp³-hybridized carbons (Fsp3) is 0.516. The Bertz CT molecular complexity index is 1340. The minimum absolute atomic E-state index is 0.158. The van der Waals surface area contributed by atoms with Crippen molar-refractivity contribution in [1.82, 2.24) is 0 Å². The molecule has 1 aliphatic rings. The van der Waals surface area contributed by atoms with Crippen LogP contribution in [0.4, 0.5) is 19.3 Å². The Morgan fingerprint density at radius 3 is 1.85 bits per heavy atom. The maximum atomic E-state index is 15.2. The fourth-order valence-electron chi connectivity index (χ4n) is 4.23. The lowest BCUT2D eigenvalue weighted by Crippen LogP contribution is -2.56. The van der Waals surface area contributed by atoms with Crippen LogP contribution in [0.1, 0.15) is 94.6 Å². The molecule has 0 saturated carbocycles. The summed E-state index contributed by atoms with van der Waals surface area (Å²) in [7, 11) is -2.71. The number of carbonyl (C=O) groups excluding carboxylic acids is 3. The van der Waals surface area contributed by atoms with Crippen molar-refractivity contribution in [3.05, 3.63) is 64.7 Å². The summed E-state index contributed by atoms with van der Waals surface area (Å²) in [6, 6.07) is 6.13. The van der Waals surface area contributed by atoms with E-state index < -0.39 is 61.1 Å². The van der Waals surface area contributed by atoms with Crippen LogP contribution in [-0.2, 0) is 13.9 Å². The zero-order valence-electron chi connectivity index (χ0n) is 25.8. The number of Topliss-reactive ketones (excluding diaryl/α,β-unsaturated/α-hetero) is 1. The van der Waals surface area contributed by atoms with Gasteiger partial charge >= 0.3 is 12.1 Å². The van der Waals surface area contributed by atoms with E-state index in [1.807, 2.05) is 33.9 Å². The number of nitrogens with zero attached hydrogens (tertiary/aromatic N) is 1. The first kappa shape index (κ1) is 32.4. The molecule has 2 aromatic carbocycles. The van der Waals surface area contributed by atoms with E-state index in [2.05, 4.69) is 0 Å². The van der Waals surface area contributed by atoms with Crippen molar-refractivity contribution in [2.75, 3.05) is 4.90 Å². The highest BCUT2D eigenvalue weighted by Crippen LogP contribution is 2.46. The van der Waals surface area contributed by atoms with Gasteiger partial charge in [0.25, 0.3) is 0 Å². The highest BCUT2D eigenvalue weighted by molar-refractivity contribution is 6.74. The first-order valence-corrected chi connectivity index (χ1v) is 16.5. The van der Waals surface area contributed by atoms with Gasteiger partial charge < -0.3 is 13.9 Å². The fourth-order valence-corrected chi connectivity index (χ4v) is 5.45. The summed E-state index contributed by atoms with van der Waals surface area (Å²) in [4.78, 5) is 42.8. The van der Waals surface area contributed by atoms with Gasteiger partial charge in [0.05, 0.1) is 22.9 Å². The Hall–Kier alpha value is -3.11. The van der Waals surface area contributed by atoms with E-state index in [4.69, 9.17) is 13.9 Å². The van der Waals surface area contributed by atoms with Crippen molar-refractivity contribution >= 4 is 31.9 Å². The third-order valence-corrected chi connectivity index (χ3v) is 11.5. The summed E-state index contributed by atoms with van der Waals surface area (Å²) in [5.74, 6) is -2.90. The van der Waals surface area contributed by atoms with Gasteiger partial charge in [-0.25, -0.2) is 18.4 Å². The predicted octanol–water partition coefficient (Wildman–Crippen LogP) is 7.99. The number of ketones is 1. The van der Waals surface area contributed by atoms with Gasteiger partial charge in [0, 0.05) is 0 Å². The van der Waals surface area contributed by atoms with Gasteiger partial charge in [0.2, 0.25) is 0 Å². The van der Waals surface area contributed by atoms with Crippen molar-refractivity contribution in [2.24, 2.45) is 0 Å². The number of esters is 1. The number of ether oxygens (including phenoxy) is 2. The van der Waals surface area contributed by atoms with E-state index in [1.54, 1.807) is 41.5 Å². The lowest BCUT2D eigenvalue weighted by molar-refractivity contribution is 0.00649. The molecule has 0 fully saturated rings. The lowest BCUT2D eigenvalue weighted by Gasteiger charge is -2.46. The minimum Gasteiger partial charge on any atom is -0.456 e. The highest BCUT2D eigenvalue weighted by atomic mass is 28.4. The van der Waals surface area contributed by atoms with Crippen molar-refractivity contribution in [2.45, 2.75) is 104 Å². The summed E-state index contributed by atoms with van der Waals surface area (Å²) in [6.07, 6.45) is -2.20. The van der Waals surface area contributed by atoms with Gasteiger partial charge in [-0.05, 0) is 89.5 Å². The summed E-state index contributed by atoms with van der Waals surface area (Å²) in [6.45, 7) is 19.9. The molecule has 0 radical (unpaired) electrons. The molecular formula is C31H41F2NO6Si. The van der Waals surface area contributed by atoms with Crippen LogP contribution in [0.5, 0.6) is 0 Å². The van der Waals surface area contributed by atoms with E-state index in [9.17, 15) is 18.8 Å². The van der Waals surface area contributed by atoms with Crippen LogP contribution in [0.15, 0.2) is 36.4 Å². The van der Waals surface area contributed by atoms with E-state index in [-0.39, 0.29) is 21.9 Å². The van der Waals surface area contributed by atoms with Gasteiger partial charge in [-0.2, -0.15) is 0 Å². The molecule has 3 rings (SSSR count). The molecule has 2 atom stereocenters. The number of benzene rings is 2. The van der Waals surface area contributed by atoms with Crippen LogP contribution in [0, 0.1) is 11.6 Å². The average Bonchev–Trinajstić information content (AvgIpc) is 2.77. The number of rotatable bonds is 4. The van der Waals surface area contributed by atoms with Gasteiger partial charge in [0.1, 0.15) is 28.9 Å². The topological polar surface area (TPSA) is 82.1 Å². The highest BCUT2D eigenvalue weighted by Gasteiger charge is 2.51. The molecular weight excluding hydrogens is 548 g/mol. The zero-order valence-corrected chi connectivity index (χ0v) is 26.8. The van der Waals surface area contributed by atoms with Gasteiger partial charge in [-0.1, -0.05) is 32.9 Å². The second kappa shape index (κ2) is 10.9. The summed E-state index contributed by atoms with van der Waals surface area (Å²) >= 11 is 0. The number of hydrogen-bond donors (Lipinski definition) is 0. The monoisotopic (exact) mass is 589 g/mol. The summed E-state index contributed by atoms with van der Waals surface area (Å²) in [5.41, 5.74) is -2.20. The normalized spacial score (nSPS) is 18.2. The number of anilines is 1. The maximum Gasteiger partial charge on any atom is 0.415 e. The molecule has 2 unspecified atom stereocenters. The number of amides is 1. The molecule has 0 N–H and O–H groups in total. The molecule has 1 heterocycles. The molecule has 0 aliphatic carbocycles.